The molecule has 0 spiro atoms. The average Bonchev–Trinajstić information content (AvgIpc) is 2.79. The Morgan fingerprint density at radius 1 is 0.304 bits per heavy atom. The molecule has 0 N–H and O–H groups in total. The molecule has 0 saturated carbocycles. The van der Waals surface area contributed by atoms with Crippen LogP contribution in [0.3, 0.4) is 0 Å². The second-order valence-electron chi connectivity index (χ2n) is 16.5. The number of ether oxygens (including phenoxy) is 3. The minimum Gasteiger partial charge on any atom is -1.00 e. The van der Waals surface area contributed by atoms with Gasteiger partial charge in [-0.3, -0.25) is 28.8 Å². The normalized spacial score (nSPS) is 11.9. The maximum absolute atomic E-state index is 11.4. The zero-order valence-electron chi connectivity index (χ0n) is 33.1. The van der Waals surface area contributed by atoms with Crippen molar-refractivity contribution in [3.05, 3.63) is 0 Å². The Morgan fingerprint density at radius 2 is 0.435 bits per heavy atom. The number of carbonyl (C=O) groups is 9. The van der Waals surface area contributed by atoms with Crippen molar-refractivity contribution in [1.82, 2.24) is 0 Å². The molecule has 262 valence electrons. The molecule has 13 heteroatoms. The molecular formula is C33H56O12Sr. The number of ketones is 3. The molecule has 0 atom stereocenters. The predicted molar refractivity (Wildman–Crippen MR) is 173 cm³/mol. The first-order valence-electron chi connectivity index (χ1n) is 14.3. The molecule has 0 aromatic heterocycles. The van der Waals surface area contributed by atoms with Crippen LogP contribution >= 0.6 is 0 Å². The van der Waals surface area contributed by atoms with E-state index in [0.717, 1.165) is 0 Å². The first kappa shape index (κ1) is 50.8. The van der Waals surface area contributed by atoms with Crippen LogP contribution < -0.4 is 0 Å². The van der Waals surface area contributed by atoms with Crippen molar-refractivity contribution < 1.29 is 60.2 Å². The van der Waals surface area contributed by atoms with Gasteiger partial charge in [0, 0.05) is 16.2 Å². The van der Waals surface area contributed by atoms with Gasteiger partial charge in [-0.1, -0.05) is 62.3 Å². The Labute approximate surface area is 314 Å². The van der Waals surface area contributed by atoms with Gasteiger partial charge in [0.25, 0.3) is 0 Å². The first-order valence-corrected chi connectivity index (χ1v) is 14.3. The van der Waals surface area contributed by atoms with Crippen LogP contribution in [0.15, 0.2) is 0 Å². The summed E-state index contributed by atoms with van der Waals surface area (Å²) >= 11 is 0. The molecule has 0 fully saturated rings. The Hall–Kier alpha value is -2.09. The number of hydrogen-bond donors (Lipinski definition) is 0. The molecule has 0 aromatic carbocycles. The van der Waals surface area contributed by atoms with Gasteiger partial charge in [0.05, 0.1) is 16.2 Å². The fraction of sp³-hybridized carbons (Fsp3) is 0.727. The van der Waals surface area contributed by atoms with Crippen LogP contribution in [0.25, 0.3) is 0 Å². The number of esters is 6. The zero-order valence-corrected chi connectivity index (χ0v) is 34.6. The van der Waals surface area contributed by atoms with E-state index in [1.54, 1.807) is 125 Å². The molecule has 0 radical (unpaired) electrons. The summed E-state index contributed by atoms with van der Waals surface area (Å²) in [4.78, 5) is 102. The third kappa shape index (κ3) is 20.9. The Kier molecular flexibility index (Phi) is 20.4. The molecule has 0 amide bonds. The van der Waals surface area contributed by atoms with Gasteiger partial charge >= 0.3 is 81.3 Å². The van der Waals surface area contributed by atoms with Crippen molar-refractivity contribution in [1.29, 1.82) is 0 Å². The third-order valence-corrected chi connectivity index (χ3v) is 4.99. The van der Waals surface area contributed by atoms with E-state index >= 15 is 0 Å². The fourth-order valence-corrected chi connectivity index (χ4v) is 1.77. The smallest absolute Gasteiger partial charge is 1.00 e. The maximum atomic E-state index is 11.4. The van der Waals surface area contributed by atoms with E-state index < -0.39 is 85.7 Å². The Bertz CT molecular complexity index is 1030. The van der Waals surface area contributed by atoms with Crippen LogP contribution in [0.2, 0.25) is 0 Å². The van der Waals surface area contributed by atoms with Crippen molar-refractivity contribution >= 4 is 98.6 Å². The van der Waals surface area contributed by atoms with Crippen LogP contribution in [-0.2, 0) is 57.4 Å². The topological polar surface area (TPSA) is 181 Å². The van der Waals surface area contributed by atoms with Gasteiger partial charge in [0.2, 0.25) is 17.3 Å². The van der Waals surface area contributed by atoms with Crippen molar-refractivity contribution in [3.8, 4) is 0 Å². The van der Waals surface area contributed by atoms with Gasteiger partial charge < -0.3 is 17.1 Å². The number of hydrogen-bond acceptors (Lipinski definition) is 12. The van der Waals surface area contributed by atoms with Crippen molar-refractivity contribution in [2.24, 2.45) is 32.5 Å². The molecule has 0 aliphatic rings. The van der Waals surface area contributed by atoms with Crippen LogP contribution in [0, 0.1) is 32.5 Å². The molecule has 0 rings (SSSR count). The summed E-state index contributed by atoms with van der Waals surface area (Å²) in [5.74, 6) is -7.40. The molecule has 0 aliphatic carbocycles. The molecular weight excluding hydrogens is 676 g/mol. The predicted octanol–water partition coefficient (Wildman–Crippen LogP) is 5.00. The van der Waals surface area contributed by atoms with Gasteiger partial charge in [-0.15, -0.1) is 0 Å². The minimum atomic E-state index is -1.08. The van der Waals surface area contributed by atoms with Gasteiger partial charge in [0.15, 0.2) is 0 Å². The summed E-state index contributed by atoms with van der Waals surface area (Å²) in [7, 11) is 0. The molecule has 12 nitrogen and oxygen atoms in total. The van der Waals surface area contributed by atoms with Crippen molar-refractivity contribution in [2.75, 3.05) is 0 Å². The zero-order chi connectivity index (χ0) is 37.3. The largest absolute Gasteiger partial charge is 2.00 e. The third-order valence-electron chi connectivity index (χ3n) is 4.99. The standard InChI is InChI=1S/3C11H18O4.Sr.2H/c3*1-10(2,3)7(12)8(13)15-9(14)11(4,5)6;;;/h3*1-6H3;;;/q;;;+2;2*-1. The minimum absolute atomic E-state index is 0. The summed E-state index contributed by atoms with van der Waals surface area (Å²) in [5.41, 5.74) is -4.82. The summed E-state index contributed by atoms with van der Waals surface area (Å²) in [6.07, 6.45) is 0. The van der Waals surface area contributed by atoms with Crippen LogP contribution in [0.5, 0.6) is 0 Å². The first-order chi connectivity index (χ1) is 19.4. The van der Waals surface area contributed by atoms with Crippen LogP contribution in [0.4, 0.5) is 0 Å². The van der Waals surface area contributed by atoms with Gasteiger partial charge in [-0.05, 0) is 62.3 Å². The Balaban J connectivity index is -0.000000134. The average molecular weight is 732 g/mol. The molecule has 0 aliphatic heterocycles. The van der Waals surface area contributed by atoms with Crippen LogP contribution in [-0.4, -0.2) is 98.6 Å². The SMILES string of the molecule is CC(C)(C)C(=O)OC(=O)C(=O)C(C)(C)C.CC(C)(C)C(=O)OC(=O)C(=O)C(C)(C)C.CC(C)(C)C(=O)OC(=O)C(=O)C(C)(C)C.[H-].[H-].[Sr+2]. The molecule has 0 heterocycles. The summed E-state index contributed by atoms with van der Waals surface area (Å²) < 4.78 is 13.4. The molecule has 0 bridgehead atoms. The van der Waals surface area contributed by atoms with E-state index in [9.17, 15) is 43.2 Å². The Morgan fingerprint density at radius 3 is 0.522 bits per heavy atom. The van der Waals surface area contributed by atoms with E-state index in [2.05, 4.69) is 14.2 Å². The van der Waals surface area contributed by atoms with E-state index in [1.165, 1.54) is 0 Å². The summed E-state index contributed by atoms with van der Waals surface area (Å²) in [6, 6.07) is 0. The number of rotatable bonds is 3. The van der Waals surface area contributed by atoms with E-state index in [4.69, 9.17) is 0 Å². The monoisotopic (exact) mass is 732 g/mol. The van der Waals surface area contributed by atoms with Gasteiger partial charge in [-0.25, -0.2) is 14.4 Å². The molecule has 46 heavy (non-hydrogen) atoms. The quantitative estimate of drug-likeness (QED) is 0.125. The second kappa shape index (κ2) is 18.5. The molecule has 0 unspecified atom stereocenters. The van der Waals surface area contributed by atoms with Gasteiger partial charge in [-0.2, -0.15) is 0 Å². The van der Waals surface area contributed by atoms with E-state index in [0.29, 0.717) is 0 Å². The number of carbonyl (C=O) groups excluding carboxylic acids is 9. The molecule has 0 saturated heterocycles. The summed E-state index contributed by atoms with van der Waals surface area (Å²) in [5, 5.41) is 0. The van der Waals surface area contributed by atoms with Crippen molar-refractivity contribution in [3.63, 3.8) is 0 Å². The van der Waals surface area contributed by atoms with E-state index in [-0.39, 0.29) is 48.3 Å². The number of Topliss-reactive ketones (excluding diaryl/α,β-unsaturated/α-hetero) is 3. The van der Waals surface area contributed by atoms with Gasteiger partial charge in [0.1, 0.15) is 0 Å². The second-order valence-corrected chi connectivity index (χ2v) is 16.5. The van der Waals surface area contributed by atoms with Crippen LogP contribution in [0.1, 0.15) is 127 Å². The van der Waals surface area contributed by atoms with E-state index in [1.807, 2.05) is 0 Å². The summed E-state index contributed by atoms with van der Waals surface area (Å²) in [6.45, 7) is 28.9. The molecule has 0 aromatic rings. The van der Waals surface area contributed by atoms with Crippen molar-refractivity contribution in [2.45, 2.75) is 125 Å². The fourth-order valence-electron chi connectivity index (χ4n) is 1.77. The maximum Gasteiger partial charge on any atom is 2.00 e.